The Morgan fingerprint density at radius 1 is 1.03 bits per heavy atom. The maximum absolute atomic E-state index is 13.1. The molecule has 156 valence electrons. The van der Waals surface area contributed by atoms with Gasteiger partial charge in [0.1, 0.15) is 11.6 Å². The van der Waals surface area contributed by atoms with Gasteiger partial charge >= 0.3 is 0 Å². The minimum Gasteiger partial charge on any atom is -0.491 e. The molecular formula is C23H30FN3O2. The van der Waals surface area contributed by atoms with Crippen LogP contribution in [0.1, 0.15) is 30.6 Å². The second-order valence-electron chi connectivity index (χ2n) is 7.61. The van der Waals surface area contributed by atoms with Crippen molar-refractivity contribution in [2.75, 3.05) is 44.2 Å². The molecule has 1 aliphatic rings. The van der Waals surface area contributed by atoms with Crippen molar-refractivity contribution in [1.82, 2.24) is 10.2 Å². The molecule has 6 heteroatoms. The molecule has 1 aliphatic heterocycles. The predicted octanol–water partition coefficient (Wildman–Crippen LogP) is 3.56. The van der Waals surface area contributed by atoms with E-state index in [-0.39, 0.29) is 17.8 Å². The quantitative estimate of drug-likeness (QED) is 0.690. The van der Waals surface area contributed by atoms with E-state index in [1.807, 2.05) is 38.1 Å². The van der Waals surface area contributed by atoms with E-state index >= 15 is 0 Å². The van der Waals surface area contributed by atoms with Crippen LogP contribution in [0.5, 0.6) is 5.75 Å². The average molecular weight is 400 g/mol. The molecule has 0 saturated carbocycles. The lowest BCUT2D eigenvalue weighted by Crippen LogP contribution is -2.47. The van der Waals surface area contributed by atoms with Crippen LogP contribution in [0, 0.1) is 5.82 Å². The third kappa shape index (κ3) is 6.46. The molecule has 0 aliphatic carbocycles. The normalized spacial score (nSPS) is 14.8. The molecule has 0 radical (unpaired) electrons. The molecular weight excluding hydrogens is 369 g/mol. The van der Waals surface area contributed by atoms with E-state index in [0.717, 1.165) is 50.6 Å². The van der Waals surface area contributed by atoms with E-state index in [9.17, 15) is 9.18 Å². The van der Waals surface area contributed by atoms with Crippen molar-refractivity contribution in [2.45, 2.75) is 26.4 Å². The number of carbonyl (C=O) groups excluding carboxylic acids is 1. The zero-order valence-corrected chi connectivity index (χ0v) is 17.2. The van der Waals surface area contributed by atoms with Crippen LogP contribution in [-0.4, -0.2) is 56.2 Å². The Bertz CT molecular complexity index is 770. The molecule has 2 aromatic rings. The van der Waals surface area contributed by atoms with Crippen molar-refractivity contribution in [3.05, 3.63) is 59.9 Å². The smallest absolute Gasteiger partial charge is 0.251 e. The van der Waals surface area contributed by atoms with Crippen molar-refractivity contribution in [1.29, 1.82) is 0 Å². The summed E-state index contributed by atoms with van der Waals surface area (Å²) in [6, 6.07) is 13.9. The van der Waals surface area contributed by atoms with E-state index in [4.69, 9.17) is 4.74 Å². The number of carbonyl (C=O) groups is 1. The minimum absolute atomic E-state index is 0.0535. The Morgan fingerprint density at radius 2 is 1.69 bits per heavy atom. The van der Waals surface area contributed by atoms with Crippen LogP contribution in [0.4, 0.5) is 10.1 Å². The highest BCUT2D eigenvalue weighted by molar-refractivity contribution is 5.94. The molecule has 1 N–H and O–H groups in total. The standard InChI is InChI=1S/C23H30FN3O2/c1-18(2)29-22-10-4-19(5-11-22)23(28)25-12-3-13-26-14-16-27(17-15-26)21-8-6-20(24)7-9-21/h4-11,18H,3,12-17H2,1-2H3,(H,25,28). The molecule has 5 nitrogen and oxygen atoms in total. The van der Waals surface area contributed by atoms with Crippen molar-refractivity contribution < 1.29 is 13.9 Å². The van der Waals surface area contributed by atoms with Gasteiger partial charge in [0.05, 0.1) is 6.10 Å². The lowest BCUT2D eigenvalue weighted by molar-refractivity contribution is 0.0951. The van der Waals surface area contributed by atoms with Gasteiger partial charge in [-0.05, 0) is 75.3 Å². The molecule has 29 heavy (non-hydrogen) atoms. The van der Waals surface area contributed by atoms with Gasteiger partial charge in [-0.2, -0.15) is 0 Å². The van der Waals surface area contributed by atoms with E-state index in [0.29, 0.717) is 12.1 Å². The molecule has 2 aromatic carbocycles. The highest BCUT2D eigenvalue weighted by Gasteiger charge is 2.17. The third-order valence-electron chi connectivity index (χ3n) is 4.99. The summed E-state index contributed by atoms with van der Waals surface area (Å²) in [6.45, 7) is 9.38. The molecule has 0 spiro atoms. The molecule has 1 fully saturated rings. The molecule has 1 saturated heterocycles. The molecule has 3 rings (SSSR count). The number of nitrogens with zero attached hydrogens (tertiary/aromatic N) is 2. The average Bonchev–Trinajstić information content (AvgIpc) is 2.72. The molecule has 0 unspecified atom stereocenters. The second kappa shape index (κ2) is 10.3. The van der Waals surface area contributed by atoms with Crippen LogP contribution in [0.3, 0.4) is 0 Å². The molecule has 0 aromatic heterocycles. The Morgan fingerprint density at radius 3 is 2.31 bits per heavy atom. The summed E-state index contributed by atoms with van der Waals surface area (Å²) in [4.78, 5) is 16.9. The summed E-state index contributed by atoms with van der Waals surface area (Å²) in [5.74, 6) is 0.521. The number of amides is 1. The first-order valence-corrected chi connectivity index (χ1v) is 10.3. The fraction of sp³-hybridized carbons (Fsp3) is 0.435. The van der Waals surface area contributed by atoms with Gasteiger partial charge in [0.2, 0.25) is 0 Å². The number of rotatable bonds is 8. The van der Waals surface area contributed by atoms with Crippen LogP contribution in [-0.2, 0) is 0 Å². The number of benzene rings is 2. The molecule has 0 atom stereocenters. The first kappa shape index (κ1) is 21.1. The van der Waals surface area contributed by atoms with Crippen molar-refractivity contribution in [3.8, 4) is 5.75 Å². The zero-order valence-electron chi connectivity index (χ0n) is 17.2. The van der Waals surface area contributed by atoms with Crippen LogP contribution < -0.4 is 15.0 Å². The van der Waals surface area contributed by atoms with Gasteiger partial charge in [0.15, 0.2) is 0 Å². The number of hydrogen-bond acceptors (Lipinski definition) is 4. The number of halogens is 1. The van der Waals surface area contributed by atoms with Gasteiger partial charge in [0.25, 0.3) is 5.91 Å². The summed E-state index contributed by atoms with van der Waals surface area (Å²) in [7, 11) is 0. The lowest BCUT2D eigenvalue weighted by atomic mass is 10.2. The second-order valence-corrected chi connectivity index (χ2v) is 7.61. The van der Waals surface area contributed by atoms with Crippen LogP contribution >= 0.6 is 0 Å². The predicted molar refractivity (Wildman–Crippen MR) is 114 cm³/mol. The monoisotopic (exact) mass is 399 g/mol. The fourth-order valence-corrected chi connectivity index (χ4v) is 3.45. The van der Waals surface area contributed by atoms with Gasteiger partial charge in [-0.15, -0.1) is 0 Å². The highest BCUT2D eigenvalue weighted by Crippen LogP contribution is 2.17. The van der Waals surface area contributed by atoms with Crippen LogP contribution in [0.2, 0.25) is 0 Å². The number of ether oxygens (including phenoxy) is 1. The van der Waals surface area contributed by atoms with Crippen LogP contribution in [0.15, 0.2) is 48.5 Å². The summed E-state index contributed by atoms with van der Waals surface area (Å²) in [5.41, 5.74) is 1.72. The SMILES string of the molecule is CC(C)Oc1ccc(C(=O)NCCCN2CCN(c3ccc(F)cc3)CC2)cc1. The Kier molecular flexibility index (Phi) is 7.47. The Balaban J connectivity index is 1.33. The number of hydrogen-bond donors (Lipinski definition) is 1. The van der Waals surface area contributed by atoms with Gasteiger partial charge in [-0.3, -0.25) is 9.69 Å². The summed E-state index contributed by atoms with van der Waals surface area (Å²) in [6.07, 6.45) is 1.03. The fourth-order valence-electron chi connectivity index (χ4n) is 3.45. The zero-order chi connectivity index (χ0) is 20.6. The van der Waals surface area contributed by atoms with E-state index < -0.39 is 0 Å². The Hall–Kier alpha value is -2.60. The summed E-state index contributed by atoms with van der Waals surface area (Å²) < 4.78 is 18.7. The third-order valence-corrected chi connectivity index (χ3v) is 4.99. The number of anilines is 1. The van der Waals surface area contributed by atoms with Gasteiger partial charge in [-0.25, -0.2) is 4.39 Å². The first-order valence-electron chi connectivity index (χ1n) is 10.3. The summed E-state index contributed by atoms with van der Waals surface area (Å²) in [5, 5.41) is 2.99. The van der Waals surface area contributed by atoms with Gasteiger partial charge in [-0.1, -0.05) is 0 Å². The molecule has 1 amide bonds. The van der Waals surface area contributed by atoms with Crippen molar-refractivity contribution in [3.63, 3.8) is 0 Å². The number of nitrogens with one attached hydrogen (secondary N) is 1. The maximum Gasteiger partial charge on any atom is 0.251 e. The maximum atomic E-state index is 13.1. The van der Waals surface area contributed by atoms with Gasteiger partial charge < -0.3 is 15.0 Å². The van der Waals surface area contributed by atoms with E-state index in [2.05, 4.69) is 15.1 Å². The highest BCUT2D eigenvalue weighted by atomic mass is 19.1. The van der Waals surface area contributed by atoms with Gasteiger partial charge in [0, 0.05) is 44.0 Å². The lowest BCUT2D eigenvalue weighted by Gasteiger charge is -2.36. The summed E-state index contributed by atoms with van der Waals surface area (Å²) >= 11 is 0. The molecule has 0 bridgehead atoms. The Labute approximate surface area is 172 Å². The minimum atomic E-state index is -0.200. The van der Waals surface area contributed by atoms with Crippen LogP contribution in [0.25, 0.3) is 0 Å². The van der Waals surface area contributed by atoms with Crippen molar-refractivity contribution >= 4 is 11.6 Å². The van der Waals surface area contributed by atoms with E-state index in [1.54, 1.807) is 12.1 Å². The first-order chi connectivity index (χ1) is 14.0. The number of piperazine rings is 1. The molecule has 1 heterocycles. The van der Waals surface area contributed by atoms with Crippen molar-refractivity contribution in [2.24, 2.45) is 0 Å². The van der Waals surface area contributed by atoms with E-state index in [1.165, 1.54) is 12.1 Å². The largest absolute Gasteiger partial charge is 0.491 e. The topological polar surface area (TPSA) is 44.8 Å².